The number of aryl methyl sites for hydroxylation is 2. The maximum atomic E-state index is 12.9. The van der Waals surface area contributed by atoms with Crippen molar-refractivity contribution in [1.82, 2.24) is 30.2 Å². The SMILES string of the molecule is Cc1cc2[nH]c(=O)c(=O)[nH]c2c2c1CCN(C(=O)C1CCCCC1)C2.Cc1cc2[nH]c(=O)c(=O)[nH]c2c2c1CCNC2. The average molecular weight is 573 g/mol. The number of carbonyl (C=O) groups is 1. The van der Waals surface area contributed by atoms with Gasteiger partial charge in [-0.25, -0.2) is 0 Å². The van der Waals surface area contributed by atoms with Crippen LogP contribution in [0.25, 0.3) is 22.1 Å². The Balaban J connectivity index is 0.000000162. The second kappa shape index (κ2) is 11.2. The molecule has 2 aromatic heterocycles. The fourth-order valence-electron chi connectivity index (χ4n) is 6.84. The molecule has 7 rings (SSSR count). The minimum atomic E-state index is -0.644. The van der Waals surface area contributed by atoms with Crippen molar-refractivity contribution in [3.8, 4) is 0 Å². The Morgan fingerprint density at radius 2 is 1.26 bits per heavy atom. The molecule has 0 atom stereocenters. The van der Waals surface area contributed by atoms with E-state index in [-0.39, 0.29) is 11.8 Å². The van der Waals surface area contributed by atoms with E-state index in [0.717, 1.165) is 85.9 Å². The molecule has 0 unspecified atom stereocenters. The second-order valence-corrected chi connectivity index (χ2v) is 11.7. The zero-order valence-corrected chi connectivity index (χ0v) is 24.0. The number of hydrogen-bond donors (Lipinski definition) is 5. The predicted octanol–water partition coefficient (Wildman–Crippen LogP) is 2.16. The van der Waals surface area contributed by atoms with Crippen molar-refractivity contribution in [3.63, 3.8) is 0 Å². The predicted molar refractivity (Wildman–Crippen MR) is 161 cm³/mol. The van der Waals surface area contributed by atoms with Gasteiger partial charge in [0.05, 0.1) is 22.1 Å². The highest BCUT2D eigenvalue weighted by atomic mass is 16.2. The topological polar surface area (TPSA) is 164 Å². The molecule has 0 spiro atoms. The quantitative estimate of drug-likeness (QED) is 0.220. The Kier molecular flexibility index (Phi) is 7.44. The minimum absolute atomic E-state index is 0.144. The van der Waals surface area contributed by atoms with Crippen LogP contribution in [0, 0.1) is 19.8 Å². The van der Waals surface area contributed by atoms with E-state index < -0.39 is 22.2 Å². The lowest BCUT2D eigenvalue weighted by molar-refractivity contribution is -0.137. The highest BCUT2D eigenvalue weighted by molar-refractivity contribution is 5.84. The zero-order valence-electron chi connectivity index (χ0n) is 24.0. The first-order valence-electron chi connectivity index (χ1n) is 14.8. The van der Waals surface area contributed by atoms with Crippen LogP contribution in [0.4, 0.5) is 0 Å². The fourth-order valence-corrected chi connectivity index (χ4v) is 6.84. The van der Waals surface area contributed by atoms with Gasteiger partial charge >= 0.3 is 22.2 Å². The Morgan fingerprint density at radius 1 is 0.714 bits per heavy atom. The van der Waals surface area contributed by atoms with Crippen LogP contribution >= 0.6 is 0 Å². The van der Waals surface area contributed by atoms with Gasteiger partial charge in [0.1, 0.15) is 0 Å². The fraction of sp³-hybridized carbons (Fsp3) is 0.452. The molecule has 1 amide bonds. The van der Waals surface area contributed by atoms with E-state index in [9.17, 15) is 24.0 Å². The highest BCUT2D eigenvalue weighted by Crippen LogP contribution is 2.31. The number of amides is 1. The van der Waals surface area contributed by atoms with Gasteiger partial charge in [0.15, 0.2) is 0 Å². The summed E-state index contributed by atoms with van der Waals surface area (Å²) in [6, 6.07) is 3.83. The number of fused-ring (bicyclic) bond motifs is 6. The number of hydrogen-bond acceptors (Lipinski definition) is 6. The normalized spacial score (nSPS) is 17.0. The summed E-state index contributed by atoms with van der Waals surface area (Å²) in [4.78, 5) is 71.6. The van der Waals surface area contributed by atoms with Gasteiger partial charge in [0.2, 0.25) is 5.91 Å². The van der Waals surface area contributed by atoms with Gasteiger partial charge in [-0.2, -0.15) is 0 Å². The van der Waals surface area contributed by atoms with Crippen molar-refractivity contribution >= 4 is 28.0 Å². The van der Waals surface area contributed by atoms with Gasteiger partial charge in [-0.3, -0.25) is 24.0 Å². The lowest BCUT2D eigenvalue weighted by atomic mass is 9.87. The van der Waals surface area contributed by atoms with E-state index in [2.05, 4.69) is 25.3 Å². The summed E-state index contributed by atoms with van der Waals surface area (Å²) >= 11 is 0. The molecule has 1 aliphatic carbocycles. The minimum Gasteiger partial charge on any atom is -0.338 e. The Labute approximate surface area is 240 Å². The van der Waals surface area contributed by atoms with E-state index >= 15 is 0 Å². The standard InChI is InChI=1S/C19H23N3O3.C12H13N3O2/c1-11-9-15-16(21-18(24)17(23)20-15)14-10-22(8-7-13(11)14)19(25)12-5-3-2-4-6-12;1-6-4-9-10(15-12(17)11(16)14-9)8-5-13-3-2-7(6)8/h9,12H,2-8,10H2,1H3,(H,20,23)(H,21,24);4,13H,2-3,5H2,1H3,(H,14,16)(H,15,17). The molecule has 2 aromatic carbocycles. The van der Waals surface area contributed by atoms with Gasteiger partial charge in [0, 0.05) is 31.1 Å². The number of nitrogens with one attached hydrogen (secondary N) is 5. The lowest BCUT2D eigenvalue weighted by Gasteiger charge is -2.34. The second-order valence-electron chi connectivity index (χ2n) is 11.7. The third-order valence-corrected chi connectivity index (χ3v) is 9.03. The van der Waals surface area contributed by atoms with Crippen LogP contribution in [0.3, 0.4) is 0 Å². The van der Waals surface area contributed by atoms with Crippen LogP contribution < -0.4 is 27.6 Å². The van der Waals surface area contributed by atoms with Crippen LogP contribution in [0.15, 0.2) is 31.3 Å². The number of H-pyrrole nitrogens is 4. The van der Waals surface area contributed by atoms with Gasteiger partial charge in [0.25, 0.3) is 0 Å². The number of nitrogens with zero attached hydrogens (tertiary/aromatic N) is 1. The summed E-state index contributed by atoms with van der Waals surface area (Å²) in [5, 5.41) is 3.28. The third-order valence-electron chi connectivity index (χ3n) is 9.03. The number of aromatic amines is 4. The molecule has 1 saturated carbocycles. The van der Waals surface area contributed by atoms with E-state index in [1.165, 1.54) is 17.5 Å². The Hall–Kier alpha value is -4.25. The van der Waals surface area contributed by atoms with E-state index in [1.807, 2.05) is 30.9 Å². The van der Waals surface area contributed by atoms with Crippen molar-refractivity contribution in [3.05, 3.63) is 86.9 Å². The number of benzene rings is 2. The molecule has 4 heterocycles. The molecule has 11 heteroatoms. The molecule has 3 aliphatic rings. The molecule has 42 heavy (non-hydrogen) atoms. The summed E-state index contributed by atoms with van der Waals surface area (Å²) in [6.45, 7) is 6.96. The summed E-state index contributed by atoms with van der Waals surface area (Å²) in [7, 11) is 0. The first kappa shape index (κ1) is 27.9. The molecule has 1 fully saturated rings. The summed E-state index contributed by atoms with van der Waals surface area (Å²) in [5.41, 5.74) is 7.06. The summed E-state index contributed by atoms with van der Waals surface area (Å²) < 4.78 is 0. The monoisotopic (exact) mass is 572 g/mol. The Morgan fingerprint density at radius 3 is 1.88 bits per heavy atom. The molecule has 4 aromatic rings. The number of aromatic nitrogens is 4. The lowest BCUT2D eigenvalue weighted by Crippen LogP contribution is -2.41. The van der Waals surface area contributed by atoms with Gasteiger partial charge in [-0.15, -0.1) is 0 Å². The van der Waals surface area contributed by atoms with Crippen molar-refractivity contribution < 1.29 is 4.79 Å². The zero-order chi connectivity index (χ0) is 29.5. The summed E-state index contributed by atoms with van der Waals surface area (Å²) in [6.07, 6.45) is 7.22. The highest BCUT2D eigenvalue weighted by Gasteiger charge is 2.30. The number of carbonyl (C=O) groups excluding carboxylic acids is 1. The molecule has 2 aliphatic heterocycles. The van der Waals surface area contributed by atoms with Crippen molar-refractivity contribution in [1.29, 1.82) is 0 Å². The molecule has 5 N–H and O–H groups in total. The van der Waals surface area contributed by atoms with Gasteiger partial charge in [-0.05, 0) is 86.0 Å². The molecule has 220 valence electrons. The van der Waals surface area contributed by atoms with Crippen LogP contribution in [0.1, 0.15) is 65.5 Å². The molecule has 0 radical (unpaired) electrons. The maximum Gasteiger partial charge on any atom is 0.314 e. The molecular weight excluding hydrogens is 536 g/mol. The smallest absolute Gasteiger partial charge is 0.314 e. The van der Waals surface area contributed by atoms with Crippen LogP contribution in [0.5, 0.6) is 0 Å². The van der Waals surface area contributed by atoms with E-state index in [4.69, 9.17) is 0 Å². The van der Waals surface area contributed by atoms with Crippen LogP contribution in [-0.4, -0.2) is 43.8 Å². The first-order valence-corrected chi connectivity index (χ1v) is 14.8. The molecular formula is C31H36N6O5. The maximum absolute atomic E-state index is 12.9. The number of rotatable bonds is 1. The summed E-state index contributed by atoms with van der Waals surface area (Å²) in [5.74, 6) is 0.386. The van der Waals surface area contributed by atoms with Crippen molar-refractivity contribution in [2.24, 2.45) is 5.92 Å². The van der Waals surface area contributed by atoms with E-state index in [0.29, 0.717) is 23.1 Å². The largest absolute Gasteiger partial charge is 0.338 e. The van der Waals surface area contributed by atoms with Gasteiger partial charge < -0.3 is 30.2 Å². The third kappa shape index (κ3) is 5.13. The van der Waals surface area contributed by atoms with Gasteiger partial charge in [-0.1, -0.05) is 19.3 Å². The van der Waals surface area contributed by atoms with Crippen LogP contribution in [-0.2, 0) is 30.7 Å². The molecule has 0 saturated heterocycles. The molecule has 0 bridgehead atoms. The average Bonchev–Trinajstić information content (AvgIpc) is 3.00. The first-order chi connectivity index (χ1) is 20.2. The van der Waals surface area contributed by atoms with Crippen molar-refractivity contribution in [2.75, 3.05) is 13.1 Å². The van der Waals surface area contributed by atoms with Crippen LogP contribution in [0.2, 0.25) is 0 Å². The van der Waals surface area contributed by atoms with Crippen molar-refractivity contribution in [2.45, 2.75) is 71.9 Å². The molecule has 11 nitrogen and oxygen atoms in total. The van der Waals surface area contributed by atoms with E-state index in [1.54, 1.807) is 0 Å². The Bertz CT molecular complexity index is 1940.